The van der Waals surface area contributed by atoms with Gasteiger partial charge in [0.25, 0.3) is 0 Å². The molecular formula is C16H10F5N3O2. The Morgan fingerprint density at radius 3 is 2.15 bits per heavy atom. The van der Waals surface area contributed by atoms with E-state index in [1.807, 2.05) is 0 Å². The minimum absolute atomic E-state index is 0.0469. The fraction of sp³-hybridized carbons (Fsp3) is 0.125. The highest BCUT2D eigenvalue weighted by molar-refractivity contribution is 5.64. The van der Waals surface area contributed by atoms with Gasteiger partial charge in [-0.05, 0) is 36.4 Å². The molecule has 5 nitrogen and oxygen atoms in total. The van der Waals surface area contributed by atoms with Crippen LogP contribution in [0.4, 0.5) is 22.0 Å². The first-order valence-corrected chi connectivity index (χ1v) is 7.15. The van der Waals surface area contributed by atoms with E-state index < -0.39 is 30.4 Å². The highest BCUT2D eigenvalue weighted by Crippen LogP contribution is 2.29. The zero-order valence-corrected chi connectivity index (χ0v) is 12.8. The van der Waals surface area contributed by atoms with E-state index in [1.165, 1.54) is 12.1 Å². The molecule has 0 radical (unpaired) electrons. The summed E-state index contributed by atoms with van der Waals surface area (Å²) >= 11 is 0. The molecule has 0 aliphatic heterocycles. The largest absolute Gasteiger partial charge is 0.573 e. The number of ether oxygens (including phenoxy) is 1. The lowest BCUT2D eigenvalue weighted by molar-refractivity contribution is -0.274. The standard InChI is InChI=1S/C16H10F5N3O2/c17-10-5-9(6-11(18)7-10)15-14(8-25)22-23-24(15)12-1-3-13(4-2-12)26-16(19,20)21/h1-7,25H,8H2. The lowest BCUT2D eigenvalue weighted by Crippen LogP contribution is -2.17. The molecule has 1 heterocycles. The number of nitrogens with zero attached hydrogens (tertiary/aromatic N) is 3. The van der Waals surface area contributed by atoms with Gasteiger partial charge in [0, 0.05) is 11.6 Å². The topological polar surface area (TPSA) is 60.2 Å². The number of hydrogen-bond donors (Lipinski definition) is 1. The van der Waals surface area contributed by atoms with Gasteiger partial charge in [-0.2, -0.15) is 0 Å². The van der Waals surface area contributed by atoms with E-state index in [1.54, 1.807) is 0 Å². The normalized spacial score (nSPS) is 11.6. The van der Waals surface area contributed by atoms with Crippen molar-refractivity contribution in [2.45, 2.75) is 13.0 Å². The number of alkyl halides is 3. The number of rotatable bonds is 4. The Bertz CT molecular complexity index is 902. The molecule has 136 valence electrons. The minimum Gasteiger partial charge on any atom is -0.406 e. The van der Waals surface area contributed by atoms with Crippen molar-refractivity contribution in [1.29, 1.82) is 0 Å². The fourth-order valence-electron chi connectivity index (χ4n) is 2.37. The van der Waals surface area contributed by atoms with Gasteiger partial charge in [-0.15, -0.1) is 18.3 Å². The lowest BCUT2D eigenvalue weighted by atomic mass is 10.1. The number of halogens is 5. The van der Waals surface area contributed by atoms with Gasteiger partial charge in [0.15, 0.2) is 0 Å². The van der Waals surface area contributed by atoms with Gasteiger partial charge in [-0.3, -0.25) is 0 Å². The SMILES string of the molecule is OCc1nnn(-c2ccc(OC(F)(F)F)cc2)c1-c1cc(F)cc(F)c1. The number of aliphatic hydroxyl groups excluding tert-OH is 1. The van der Waals surface area contributed by atoms with Crippen LogP contribution in [0.25, 0.3) is 16.9 Å². The van der Waals surface area contributed by atoms with E-state index in [9.17, 15) is 27.1 Å². The third-order valence-corrected chi connectivity index (χ3v) is 3.34. The third kappa shape index (κ3) is 3.80. The average Bonchev–Trinajstić information content (AvgIpc) is 2.97. The molecule has 0 aliphatic carbocycles. The van der Waals surface area contributed by atoms with Crippen molar-refractivity contribution < 1.29 is 31.8 Å². The predicted octanol–water partition coefficient (Wildman–Crippen LogP) is 3.60. The van der Waals surface area contributed by atoms with Gasteiger partial charge in [-0.1, -0.05) is 5.21 Å². The summed E-state index contributed by atoms with van der Waals surface area (Å²) in [4.78, 5) is 0. The van der Waals surface area contributed by atoms with Gasteiger partial charge in [0.1, 0.15) is 28.8 Å². The van der Waals surface area contributed by atoms with Crippen LogP contribution in [0.5, 0.6) is 5.75 Å². The maximum atomic E-state index is 13.5. The van der Waals surface area contributed by atoms with Crippen molar-refractivity contribution in [1.82, 2.24) is 15.0 Å². The van der Waals surface area contributed by atoms with Crippen LogP contribution in [-0.2, 0) is 6.61 Å². The Hall–Kier alpha value is -3.01. The first-order chi connectivity index (χ1) is 12.3. The number of aromatic nitrogens is 3. The summed E-state index contributed by atoms with van der Waals surface area (Å²) in [6.07, 6.45) is -4.83. The Morgan fingerprint density at radius 1 is 1.00 bits per heavy atom. The molecule has 0 saturated heterocycles. The molecule has 0 aliphatic rings. The molecule has 0 atom stereocenters. The second-order valence-corrected chi connectivity index (χ2v) is 5.15. The molecule has 10 heteroatoms. The Morgan fingerprint density at radius 2 is 1.62 bits per heavy atom. The van der Waals surface area contributed by atoms with Gasteiger partial charge >= 0.3 is 6.36 Å². The summed E-state index contributed by atoms with van der Waals surface area (Å²) in [5, 5.41) is 16.9. The number of benzene rings is 2. The van der Waals surface area contributed by atoms with Crippen LogP contribution in [-0.4, -0.2) is 26.5 Å². The molecule has 1 aromatic heterocycles. The molecule has 0 spiro atoms. The van der Waals surface area contributed by atoms with Crippen molar-refractivity contribution in [2.24, 2.45) is 0 Å². The van der Waals surface area contributed by atoms with Crippen LogP contribution >= 0.6 is 0 Å². The zero-order chi connectivity index (χ0) is 18.9. The Kier molecular flexibility index (Phi) is 4.60. The van der Waals surface area contributed by atoms with Gasteiger partial charge in [-0.25, -0.2) is 13.5 Å². The van der Waals surface area contributed by atoms with Crippen LogP contribution in [0, 0.1) is 11.6 Å². The summed E-state index contributed by atoms with van der Waals surface area (Å²) in [5.41, 5.74) is 0.472. The molecule has 26 heavy (non-hydrogen) atoms. The van der Waals surface area contributed by atoms with Crippen LogP contribution in [0.3, 0.4) is 0 Å². The van der Waals surface area contributed by atoms with Crippen molar-refractivity contribution in [2.75, 3.05) is 0 Å². The van der Waals surface area contributed by atoms with Crippen LogP contribution < -0.4 is 4.74 Å². The summed E-state index contributed by atoms with van der Waals surface area (Å²) < 4.78 is 68.7. The fourth-order valence-corrected chi connectivity index (χ4v) is 2.37. The van der Waals surface area contributed by atoms with Crippen molar-refractivity contribution in [3.05, 3.63) is 59.8 Å². The van der Waals surface area contributed by atoms with Gasteiger partial charge in [0.2, 0.25) is 0 Å². The smallest absolute Gasteiger partial charge is 0.406 e. The van der Waals surface area contributed by atoms with Crippen LogP contribution in [0.1, 0.15) is 5.69 Å². The monoisotopic (exact) mass is 371 g/mol. The number of aliphatic hydroxyl groups is 1. The third-order valence-electron chi connectivity index (χ3n) is 3.34. The molecular weight excluding hydrogens is 361 g/mol. The Labute approximate surface area is 143 Å². The van der Waals surface area contributed by atoms with Crippen molar-refractivity contribution in [3.8, 4) is 22.7 Å². The molecule has 3 aromatic rings. The summed E-state index contributed by atoms with van der Waals surface area (Å²) in [5.74, 6) is -2.13. The zero-order valence-electron chi connectivity index (χ0n) is 12.8. The quantitative estimate of drug-likeness (QED) is 0.712. The molecule has 1 N–H and O–H groups in total. The van der Waals surface area contributed by atoms with E-state index >= 15 is 0 Å². The summed E-state index contributed by atoms with van der Waals surface area (Å²) in [6, 6.07) is 7.36. The van der Waals surface area contributed by atoms with Gasteiger partial charge < -0.3 is 9.84 Å². The van der Waals surface area contributed by atoms with Crippen molar-refractivity contribution >= 4 is 0 Å². The molecule has 0 unspecified atom stereocenters. The molecule has 3 rings (SSSR count). The second-order valence-electron chi connectivity index (χ2n) is 5.15. The van der Waals surface area contributed by atoms with E-state index in [0.29, 0.717) is 6.07 Å². The van der Waals surface area contributed by atoms with E-state index in [0.717, 1.165) is 28.9 Å². The highest BCUT2D eigenvalue weighted by atomic mass is 19.4. The molecule has 0 fully saturated rings. The van der Waals surface area contributed by atoms with E-state index in [4.69, 9.17) is 0 Å². The van der Waals surface area contributed by atoms with Crippen molar-refractivity contribution in [3.63, 3.8) is 0 Å². The molecule has 2 aromatic carbocycles. The molecule has 0 bridgehead atoms. The predicted molar refractivity (Wildman–Crippen MR) is 79.3 cm³/mol. The highest BCUT2D eigenvalue weighted by Gasteiger charge is 2.31. The summed E-state index contributed by atoms with van der Waals surface area (Å²) in [6.45, 7) is -0.553. The number of hydrogen-bond acceptors (Lipinski definition) is 4. The minimum atomic E-state index is -4.83. The lowest BCUT2D eigenvalue weighted by Gasteiger charge is -2.11. The van der Waals surface area contributed by atoms with Gasteiger partial charge in [0.05, 0.1) is 12.3 Å². The van der Waals surface area contributed by atoms with E-state index in [2.05, 4.69) is 15.0 Å². The first-order valence-electron chi connectivity index (χ1n) is 7.15. The van der Waals surface area contributed by atoms with Crippen LogP contribution in [0.2, 0.25) is 0 Å². The molecule has 0 saturated carbocycles. The average molecular weight is 371 g/mol. The maximum absolute atomic E-state index is 13.5. The second kappa shape index (κ2) is 6.71. The molecule has 0 amide bonds. The Balaban J connectivity index is 2.05. The summed E-state index contributed by atoms with van der Waals surface area (Å²) in [7, 11) is 0. The maximum Gasteiger partial charge on any atom is 0.573 e. The first kappa shape index (κ1) is 17.8. The van der Waals surface area contributed by atoms with E-state index in [-0.39, 0.29) is 22.6 Å². The van der Waals surface area contributed by atoms with Crippen LogP contribution in [0.15, 0.2) is 42.5 Å².